The third-order valence-electron chi connectivity index (χ3n) is 3.35. The molecular formula is C13H12BrNO2. The van der Waals surface area contributed by atoms with E-state index in [1.54, 1.807) is 18.5 Å². The Morgan fingerprint density at radius 2 is 2.35 bits per heavy atom. The lowest BCUT2D eigenvalue weighted by atomic mass is 9.95. The minimum atomic E-state index is -0.556. The first-order valence-corrected chi connectivity index (χ1v) is 6.41. The standard InChI is InChI=1S/C13H12BrNO2/c14-13-10(5-7-17-13)12(16)9-4-3-8-2-1-6-15-11(8)9/h1-2,5-7,9,12,16H,3-4H2. The number of fused-ring (bicyclic) bond motifs is 1. The molecule has 0 aliphatic heterocycles. The molecule has 3 rings (SSSR count). The van der Waals surface area contributed by atoms with Gasteiger partial charge in [-0.3, -0.25) is 4.98 Å². The van der Waals surface area contributed by atoms with Crippen molar-refractivity contribution >= 4 is 15.9 Å². The normalized spacial score (nSPS) is 20.2. The molecule has 0 spiro atoms. The molecule has 0 saturated carbocycles. The van der Waals surface area contributed by atoms with Crippen LogP contribution in [0, 0.1) is 0 Å². The molecule has 1 aliphatic rings. The predicted molar refractivity (Wildman–Crippen MR) is 66.7 cm³/mol. The molecule has 2 aromatic rings. The van der Waals surface area contributed by atoms with E-state index in [4.69, 9.17) is 4.42 Å². The van der Waals surface area contributed by atoms with Crippen LogP contribution >= 0.6 is 15.9 Å². The number of rotatable bonds is 2. The Kier molecular flexibility index (Phi) is 2.76. The van der Waals surface area contributed by atoms with Crippen LogP contribution in [0.4, 0.5) is 0 Å². The fraction of sp³-hybridized carbons (Fsp3) is 0.308. The van der Waals surface area contributed by atoms with E-state index < -0.39 is 6.10 Å². The monoisotopic (exact) mass is 293 g/mol. The van der Waals surface area contributed by atoms with Gasteiger partial charge in [0.2, 0.25) is 0 Å². The van der Waals surface area contributed by atoms with Crippen molar-refractivity contribution in [2.24, 2.45) is 0 Å². The molecule has 0 radical (unpaired) electrons. The number of hydrogen-bond donors (Lipinski definition) is 1. The van der Waals surface area contributed by atoms with Crippen molar-refractivity contribution in [1.29, 1.82) is 0 Å². The summed E-state index contributed by atoms with van der Waals surface area (Å²) >= 11 is 3.31. The van der Waals surface area contributed by atoms with Crippen LogP contribution in [0.3, 0.4) is 0 Å². The molecule has 0 aromatic carbocycles. The Balaban J connectivity index is 1.95. The summed E-state index contributed by atoms with van der Waals surface area (Å²) in [7, 11) is 0. The molecule has 2 aromatic heterocycles. The summed E-state index contributed by atoms with van der Waals surface area (Å²) in [4.78, 5) is 4.40. The second-order valence-electron chi connectivity index (χ2n) is 4.29. The van der Waals surface area contributed by atoms with E-state index in [0.717, 1.165) is 24.1 Å². The molecule has 0 amide bonds. The van der Waals surface area contributed by atoms with Crippen LogP contribution in [0.1, 0.15) is 35.3 Å². The van der Waals surface area contributed by atoms with Crippen LogP contribution < -0.4 is 0 Å². The Bertz CT molecular complexity index is 538. The van der Waals surface area contributed by atoms with Gasteiger partial charge in [-0.1, -0.05) is 6.07 Å². The van der Waals surface area contributed by atoms with Crippen molar-refractivity contribution in [3.63, 3.8) is 0 Å². The summed E-state index contributed by atoms with van der Waals surface area (Å²) in [5, 5.41) is 10.4. The lowest BCUT2D eigenvalue weighted by Gasteiger charge is -2.17. The molecule has 4 heteroatoms. The van der Waals surface area contributed by atoms with Crippen LogP contribution in [0.5, 0.6) is 0 Å². The third-order valence-corrected chi connectivity index (χ3v) is 3.99. The molecule has 2 unspecified atom stereocenters. The van der Waals surface area contributed by atoms with Gasteiger partial charge in [-0.05, 0) is 46.5 Å². The number of aliphatic hydroxyl groups excluding tert-OH is 1. The van der Waals surface area contributed by atoms with Gasteiger partial charge < -0.3 is 9.52 Å². The highest BCUT2D eigenvalue weighted by atomic mass is 79.9. The van der Waals surface area contributed by atoms with Gasteiger partial charge in [-0.2, -0.15) is 0 Å². The molecule has 2 atom stereocenters. The topological polar surface area (TPSA) is 46.3 Å². The zero-order valence-corrected chi connectivity index (χ0v) is 10.7. The molecular weight excluding hydrogens is 282 g/mol. The zero-order valence-electron chi connectivity index (χ0n) is 9.14. The van der Waals surface area contributed by atoms with Crippen LogP contribution in [-0.2, 0) is 6.42 Å². The number of halogens is 1. The fourth-order valence-electron chi connectivity index (χ4n) is 2.48. The Hall–Kier alpha value is -1.13. The molecule has 3 nitrogen and oxygen atoms in total. The number of pyridine rings is 1. The molecule has 0 bridgehead atoms. The van der Waals surface area contributed by atoms with Gasteiger partial charge in [-0.25, -0.2) is 0 Å². The van der Waals surface area contributed by atoms with Gasteiger partial charge in [0.05, 0.1) is 12.4 Å². The van der Waals surface area contributed by atoms with Crippen molar-refractivity contribution in [2.45, 2.75) is 24.9 Å². The van der Waals surface area contributed by atoms with E-state index in [9.17, 15) is 5.11 Å². The number of hydrogen-bond acceptors (Lipinski definition) is 3. The zero-order chi connectivity index (χ0) is 11.8. The van der Waals surface area contributed by atoms with Crippen LogP contribution in [0.2, 0.25) is 0 Å². The Morgan fingerprint density at radius 3 is 3.12 bits per heavy atom. The van der Waals surface area contributed by atoms with Gasteiger partial charge in [0.25, 0.3) is 0 Å². The molecule has 1 aliphatic carbocycles. The van der Waals surface area contributed by atoms with Crippen LogP contribution in [0.25, 0.3) is 0 Å². The van der Waals surface area contributed by atoms with Crippen LogP contribution in [-0.4, -0.2) is 10.1 Å². The van der Waals surface area contributed by atoms with E-state index in [1.807, 2.05) is 6.07 Å². The largest absolute Gasteiger partial charge is 0.457 e. The van der Waals surface area contributed by atoms with Gasteiger partial charge >= 0.3 is 0 Å². The molecule has 2 heterocycles. The average Bonchev–Trinajstić information content (AvgIpc) is 2.94. The summed E-state index contributed by atoms with van der Waals surface area (Å²) in [6.45, 7) is 0. The molecule has 17 heavy (non-hydrogen) atoms. The van der Waals surface area contributed by atoms with Crippen molar-refractivity contribution in [3.05, 3.63) is 52.1 Å². The number of furan rings is 1. The van der Waals surface area contributed by atoms with E-state index in [2.05, 4.69) is 27.0 Å². The maximum atomic E-state index is 10.4. The highest BCUT2D eigenvalue weighted by Gasteiger charge is 2.32. The van der Waals surface area contributed by atoms with E-state index >= 15 is 0 Å². The average molecular weight is 294 g/mol. The minimum Gasteiger partial charge on any atom is -0.457 e. The summed E-state index contributed by atoms with van der Waals surface area (Å²) < 4.78 is 5.78. The van der Waals surface area contributed by atoms with Gasteiger partial charge in [0, 0.05) is 23.4 Å². The number of aryl methyl sites for hydroxylation is 1. The third kappa shape index (κ3) is 1.81. The first-order chi connectivity index (χ1) is 8.27. The lowest BCUT2D eigenvalue weighted by molar-refractivity contribution is 0.141. The predicted octanol–water partition coefficient (Wildman–Crippen LogP) is 3.20. The molecule has 88 valence electrons. The number of aliphatic hydroxyl groups is 1. The fourth-order valence-corrected chi connectivity index (χ4v) is 2.96. The second-order valence-corrected chi connectivity index (χ2v) is 5.01. The van der Waals surface area contributed by atoms with E-state index in [-0.39, 0.29) is 5.92 Å². The van der Waals surface area contributed by atoms with Crippen molar-refractivity contribution in [1.82, 2.24) is 4.98 Å². The number of aromatic nitrogens is 1. The van der Waals surface area contributed by atoms with Crippen molar-refractivity contribution < 1.29 is 9.52 Å². The Labute approximate surface area is 108 Å². The molecule has 0 fully saturated rings. The highest BCUT2D eigenvalue weighted by molar-refractivity contribution is 9.10. The summed E-state index contributed by atoms with van der Waals surface area (Å²) in [5.41, 5.74) is 3.07. The highest BCUT2D eigenvalue weighted by Crippen LogP contribution is 2.42. The molecule has 0 saturated heterocycles. The Morgan fingerprint density at radius 1 is 1.47 bits per heavy atom. The van der Waals surface area contributed by atoms with Gasteiger partial charge in [0.1, 0.15) is 0 Å². The van der Waals surface area contributed by atoms with Gasteiger partial charge in [-0.15, -0.1) is 0 Å². The summed E-state index contributed by atoms with van der Waals surface area (Å²) in [6.07, 6.45) is 4.73. The van der Waals surface area contributed by atoms with Crippen LogP contribution in [0.15, 0.2) is 39.7 Å². The first kappa shape index (κ1) is 11.0. The SMILES string of the molecule is OC(c1ccoc1Br)C1CCc2cccnc21. The quantitative estimate of drug-likeness (QED) is 0.925. The smallest absolute Gasteiger partial charge is 0.174 e. The van der Waals surface area contributed by atoms with E-state index in [0.29, 0.717) is 4.67 Å². The number of nitrogens with zero attached hydrogens (tertiary/aromatic N) is 1. The maximum Gasteiger partial charge on any atom is 0.174 e. The molecule has 1 N–H and O–H groups in total. The first-order valence-electron chi connectivity index (χ1n) is 5.62. The maximum absolute atomic E-state index is 10.4. The minimum absolute atomic E-state index is 0.0695. The lowest BCUT2D eigenvalue weighted by Crippen LogP contribution is -2.09. The van der Waals surface area contributed by atoms with Crippen molar-refractivity contribution in [3.8, 4) is 0 Å². The van der Waals surface area contributed by atoms with Gasteiger partial charge in [0.15, 0.2) is 4.67 Å². The summed E-state index contributed by atoms with van der Waals surface area (Å²) in [5.74, 6) is 0.0695. The second kappa shape index (κ2) is 4.27. The van der Waals surface area contributed by atoms with Crippen molar-refractivity contribution in [2.75, 3.05) is 0 Å². The van der Waals surface area contributed by atoms with E-state index in [1.165, 1.54) is 5.56 Å². The summed E-state index contributed by atoms with van der Waals surface area (Å²) in [6, 6.07) is 5.83.